The van der Waals surface area contributed by atoms with E-state index in [1.807, 2.05) is 0 Å². The van der Waals surface area contributed by atoms with Crippen LogP contribution in [0.4, 0.5) is 0 Å². The van der Waals surface area contributed by atoms with Crippen molar-refractivity contribution in [3.63, 3.8) is 0 Å². The molecule has 2 N–H and O–H groups in total. The Kier molecular flexibility index (Phi) is 5.14. The molecule has 0 saturated carbocycles. The zero-order valence-corrected chi connectivity index (χ0v) is 14.2. The average Bonchev–Trinajstić information content (AvgIpc) is 3.28. The SMILES string of the molecule is O=C(NCCNC(=O)c1nc(-c2ccc(Br)o2)no1)c1cnccn1. The normalized spacial score (nSPS) is 10.4. The molecule has 11 heteroatoms. The molecule has 0 bridgehead atoms. The summed E-state index contributed by atoms with van der Waals surface area (Å²) in [5.41, 5.74) is 0.194. The minimum atomic E-state index is -0.557. The van der Waals surface area contributed by atoms with Gasteiger partial charge in [-0.2, -0.15) is 4.98 Å². The highest BCUT2D eigenvalue weighted by Crippen LogP contribution is 2.22. The summed E-state index contributed by atoms with van der Waals surface area (Å²) in [7, 11) is 0. The van der Waals surface area contributed by atoms with Gasteiger partial charge in [0, 0.05) is 25.5 Å². The Morgan fingerprint density at radius 3 is 2.60 bits per heavy atom. The summed E-state index contributed by atoms with van der Waals surface area (Å²) in [6.45, 7) is 0.377. The minimum absolute atomic E-state index is 0.159. The largest absolute Gasteiger partial charge is 0.446 e. The highest BCUT2D eigenvalue weighted by atomic mass is 79.9. The first kappa shape index (κ1) is 16.8. The zero-order valence-electron chi connectivity index (χ0n) is 12.6. The van der Waals surface area contributed by atoms with Crippen LogP contribution in [-0.2, 0) is 0 Å². The molecule has 0 fully saturated rings. The van der Waals surface area contributed by atoms with E-state index in [1.165, 1.54) is 18.6 Å². The molecule has 2 amide bonds. The van der Waals surface area contributed by atoms with Gasteiger partial charge in [0.1, 0.15) is 5.69 Å². The molecule has 25 heavy (non-hydrogen) atoms. The maximum absolute atomic E-state index is 11.9. The molecule has 0 unspecified atom stereocenters. The number of hydrogen-bond acceptors (Lipinski definition) is 8. The lowest BCUT2D eigenvalue weighted by Gasteiger charge is -2.04. The molecule has 128 valence electrons. The van der Waals surface area contributed by atoms with E-state index >= 15 is 0 Å². The second kappa shape index (κ2) is 7.66. The van der Waals surface area contributed by atoms with Gasteiger partial charge in [-0.25, -0.2) is 4.98 Å². The molecule has 0 spiro atoms. The van der Waals surface area contributed by atoms with Crippen molar-refractivity contribution in [1.82, 2.24) is 30.7 Å². The van der Waals surface area contributed by atoms with Gasteiger partial charge in [-0.1, -0.05) is 5.16 Å². The number of carbonyl (C=O) groups excluding carboxylic acids is 2. The van der Waals surface area contributed by atoms with Crippen LogP contribution in [0.15, 0.2) is 44.3 Å². The molecule has 0 aromatic carbocycles. The van der Waals surface area contributed by atoms with E-state index < -0.39 is 5.91 Å². The summed E-state index contributed by atoms with van der Waals surface area (Å²) in [6.07, 6.45) is 4.24. The molecule has 0 atom stereocenters. The van der Waals surface area contributed by atoms with Crippen molar-refractivity contribution in [2.75, 3.05) is 13.1 Å². The van der Waals surface area contributed by atoms with E-state index in [1.54, 1.807) is 12.1 Å². The number of furan rings is 1. The summed E-state index contributed by atoms with van der Waals surface area (Å²) in [4.78, 5) is 35.3. The van der Waals surface area contributed by atoms with E-state index in [4.69, 9.17) is 8.94 Å². The summed E-state index contributed by atoms with van der Waals surface area (Å²) in [5.74, 6) is -0.621. The van der Waals surface area contributed by atoms with Crippen molar-refractivity contribution in [1.29, 1.82) is 0 Å². The van der Waals surface area contributed by atoms with Crippen LogP contribution in [0.25, 0.3) is 11.6 Å². The van der Waals surface area contributed by atoms with Crippen LogP contribution in [0, 0.1) is 0 Å². The maximum atomic E-state index is 11.9. The first-order valence-electron chi connectivity index (χ1n) is 7.05. The molecule has 3 aromatic rings. The number of rotatable bonds is 6. The van der Waals surface area contributed by atoms with Crippen molar-refractivity contribution in [3.8, 4) is 11.6 Å². The van der Waals surface area contributed by atoms with E-state index in [0.29, 0.717) is 10.4 Å². The topological polar surface area (TPSA) is 136 Å². The standard InChI is InChI=1S/C14H11BrN6O4/c15-10-2-1-9(24-10)11-20-14(25-21-11)13(23)19-6-5-18-12(22)8-7-16-3-4-17-8/h1-4,7H,5-6H2,(H,18,22)(H,19,23). The molecular weight excluding hydrogens is 396 g/mol. The average molecular weight is 407 g/mol. The molecule has 10 nitrogen and oxygen atoms in total. The highest BCUT2D eigenvalue weighted by molar-refractivity contribution is 9.10. The number of aromatic nitrogens is 4. The van der Waals surface area contributed by atoms with E-state index in [0.717, 1.165) is 0 Å². The number of amides is 2. The van der Waals surface area contributed by atoms with Crippen LogP contribution in [-0.4, -0.2) is 45.0 Å². The third kappa shape index (κ3) is 4.26. The Labute approximate surface area is 149 Å². The lowest BCUT2D eigenvalue weighted by atomic mass is 10.4. The number of carbonyl (C=O) groups is 2. The predicted molar refractivity (Wildman–Crippen MR) is 86.4 cm³/mol. The van der Waals surface area contributed by atoms with Gasteiger partial charge in [0.2, 0.25) is 5.82 Å². The fourth-order valence-corrected chi connectivity index (χ4v) is 2.09. The molecule has 0 aliphatic rings. The summed E-state index contributed by atoms with van der Waals surface area (Å²) >= 11 is 3.16. The van der Waals surface area contributed by atoms with Gasteiger partial charge in [-0.15, -0.1) is 0 Å². The molecule has 3 aromatic heterocycles. The molecule has 0 aliphatic carbocycles. The number of halogens is 1. The summed E-state index contributed by atoms with van der Waals surface area (Å²) in [5, 5.41) is 8.82. The smallest absolute Gasteiger partial charge is 0.316 e. The second-order valence-electron chi connectivity index (χ2n) is 4.63. The lowest BCUT2D eigenvalue weighted by molar-refractivity contribution is 0.0897. The highest BCUT2D eigenvalue weighted by Gasteiger charge is 2.17. The summed E-state index contributed by atoms with van der Waals surface area (Å²) < 4.78 is 10.7. The lowest BCUT2D eigenvalue weighted by Crippen LogP contribution is -2.35. The molecular formula is C14H11BrN6O4. The van der Waals surface area contributed by atoms with Crippen molar-refractivity contribution in [2.24, 2.45) is 0 Å². The van der Waals surface area contributed by atoms with Crippen LogP contribution in [0.2, 0.25) is 0 Å². The van der Waals surface area contributed by atoms with Gasteiger partial charge in [-0.3, -0.25) is 14.6 Å². The molecule has 0 aliphatic heterocycles. The van der Waals surface area contributed by atoms with Crippen molar-refractivity contribution < 1.29 is 18.5 Å². The Balaban J connectivity index is 1.47. The molecule has 0 radical (unpaired) electrons. The van der Waals surface area contributed by atoms with E-state index in [9.17, 15) is 9.59 Å². The van der Waals surface area contributed by atoms with Gasteiger partial charge < -0.3 is 19.6 Å². The van der Waals surface area contributed by atoms with Crippen molar-refractivity contribution in [2.45, 2.75) is 0 Å². The number of nitrogens with one attached hydrogen (secondary N) is 2. The minimum Gasteiger partial charge on any atom is -0.446 e. The zero-order chi connectivity index (χ0) is 17.6. The van der Waals surface area contributed by atoms with Crippen LogP contribution < -0.4 is 10.6 Å². The van der Waals surface area contributed by atoms with Gasteiger partial charge in [0.15, 0.2) is 10.4 Å². The monoisotopic (exact) mass is 406 g/mol. The number of nitrogens with zero attached hydrogens (tertiary/aromatic N) is 4. The third-order valence-electron chi connectivity index (χ3n) is 2.91. The Hall–Kier alpha value is -3.08. The van der Waals surface area contributed by atoms with Crippen LogP contribution >= 0.6 is 15.9 Å². The second-order valence-corrected chi connectivity index (χ2v) is 5.41. The molecule has 0 saturated heterocycles. The van der Waals surface area contributed by atoms with Gasteiger partial charge in [0.25, 0.3) is 5.91 Å². The first-order chi connectivity index (χ1) is 12.1. The van der Waals surface area contributed by atoms with Gasteiger partial charge >= 0.3 is 11.8 Å². The Morgan fingerprint density at radius 1 is 1.12 bits per heavy atom. The summed E-state index contributed by atoms with van der Waals surface area (Å²) in [6, 6.07) is 3.31. The van der Waals surface area contributed by atoms with Gasteiger partial charge in [-0.05, 0) is 28.1 Å². The fourth-order valence-electron chi connectivity index (χ4n) is 1.78. The van der Waals surface area contributed by atoms with Crippen LogP contribution in [0.3, 0.4) is 0 Å². The molecule has 3 rings (SSSR count). The Bertz CT molecular complexity index is 878. The van der Waals surface area contributed by atoms with Gasteiger partial charge in [0.05, 0.1) is 6.20 Å². The maximum Gasteiger partial charge on any atom is 0.316 e. The van der Waals surface area contributed by atoms with Crippen LogP contribution in [0.5, 0.6) is 0 Å². The van der Waals surface area contributed by atoms with Crippen molar-refractivity contribution >= 4 is 27.7 Å². The first-order valence-corrected chi connectivity index (χ1v) is 7.84. The fraction of sp³-hybridized carbons (Fsp3) is 0.143. The Morgan fingerprint density at radius 2 is 1.92 bits per heavy atom. The predicted octanol–water partition coefficient (Wildman–Crippen LogP) is 1.04. The number of hydrogen-bond donors (Lipinski definition) is 2. The van der Waals surface area contributed by atoms with E-state index in [2.05, 4.69) is 46.7 Å². The van der Waals surface area contributed by atoms with Crippen molar-refractivity contribution in [3.05, 3.63) is 47.0 Å². The molecule has 3 heterocycles. The quantitative estimate of drug-likeness (QED) is 0.579. The third-order valence-corrected chi connectivity index (χ3v) is 3.33. The van der Waals surface area contributed by atoms with Crippen LogP contribution in [0.1, 0.15) is 21.2 Å². The van der Waals surface area contributed by atoms with E-state index in [-0.39, 0.29) is 36.4 Å².